The second-order valence-electron chi connectivity index (χ2n) is 0.364. The summed E-state index contributed by atoms with van der Waals surface area (Å²) in [6.07, 6.45) is -0.745. The first-order valence-corrected chi connectivity index (χ1v) is 2.67. The second kappa shape index (κ2) is 4.03. The van der Waals surface area contributed by atoms with Crippen molar-refractivity contribution in [1.29, 1.82) is 0 Å². The molecule has 0 unspecified atom stereocenters. The van der Waals surface area contributed by atoms with Crippen LogP contribution in [-0.4, -0.2) is 10.9 Å². The van der Waals surface area contributed by atoms with Gasteiger partial charge >= 0.3 is 41.7 Å². The Kier molecular flexibility index (Phi) is 2.60. The summed E-state index contributed by atoms with van der Waals surface area (Å²) in [5, 5.41) is 2.15. The van der Waals surface area contributed by atoms with E-state index in [9.17, 15) is 4.79 Å². The molecule has 0 aromatic rings. The molecule has 0 aliphatic heterocycles. The van der Waals surface area contributed by atoms with E-state index in [1.165, 1.54) is 4.52 Å². The van der Waals surface area contributed by atoms with Gasteiger partial charge in [-0.05, 0) is 0 Å². The van der Waals surface area contributed by atoms with E-state index in [-0.39, 0.29) is 0 Å². The van der Waals surface area contributed by atoms with E-state index in [2.05, 4.69) is 5.32 Å². The Bertz CT molecular complexity index is 73.9. The molecule has 0 aliphatic carbocycles. The Morgan fingerprint density at radius 2 is 2.80 bits per heavy atom. The summed E-state index contributed by atoms with van der Waals surface area (Å²) in [6, 6.07) is 0. The van der Waals surface area contributed by atoms with Crippen LogP contribution in [0.25, 0.3) is 0 Å². The van der Waals surface area contributed by atoms with Gasteiger partial charge in [-0.1, -0.05) is 0 Å². The van der Waals surface area contributed by atoms with E-state index >= 15 is 0 Å². The molecule has 0 aliphatic rings. The van der Waals surface area contributed by atoms with Crippen LogP contribution in [-0.2, 0) is 24.1 Å². The first-order valence-electron chi connectivity index (χ1n) is 1.48. The monoisotopic (exact) mass is 242 g/mol. The molecular weight excluding hydrogens is 238 g/mol. The molecule has 0 aromatic carbocycles. The zero-order chi connectivity index (χ0) is 4.99. The van der Waals surface area contributed by atoms with Gasteiger partial charge in [0.25, 0.3) is 0 Å². The third-order valence-corrected chi connectivity index (χ3v) is 0.541. The maximum atomic E-state index is 9.58. The Hall–Kier alpha value is 0.0283. The van der Waals surface area contributed by atoms with E-state index < -0.39 is 6.39 Å². The average molecular weight is 242 g/mol. The Balaban J connectivity index is 3.05. The summed E-state index contributed by atoms with van der Waals surface area (Å²) in [7, 11) is 0. The summed E-state index contributed by atoms with van der Waals surface area (Å²) in [5.41, 5.74) is 0. The molecule has 28 valence electrons. The molecule has 0 heterocycles. The van der Waals surface area contributed by atoms with Crippen molar-refractivity contribution >= 4 is 10.9 Å². The van der Waals surface area contributed by atoms with Gasteiger partial charge in [0.2, 0.25) is 0 Å². The molecule has 2 nitrogen and oxygen atoms in total. The minimum absolute atomic E-state index is 0.745. The summed E-state index contributed by atoms with van der Waals surface area (Å²) in [6.45, 7) is 0. The number of nitrogens with one attached hydrogen (secondary N) is 1. The van der Waals surface area contributed by atoms with Crippen molar-refractivity contribution in [2.75, 3.05) is 0 Å². The molecule has 0 bridgehead atoms. The molecule has 0 saturated carbocycles. The van der Waals surface area contributed by atoms with Gasteiger partial charge in [-0.2, -0.15) is 0 Å². The summed E-state index contributed by atoms with van der Waals surface area (Å²) >= 11 is 1.14. The van der Waals surface area contributed by atoms with Gasteiger partial charge in [0, 0.05) is 0 Å². The number of rotatable bonds is 1. The van der Waals surface area contributed by atoms with Crippen LogP contribution < -0.4 is 5.32 Å². The van der Waals surface area contributed by atoms with Gasteiger partial charge in [-0.25, -0.2) is 0 Å². The first-order chi connectivity index (χ1) is 2.77. The molecule has 1 amide bonds. The average Bonchev–Trinajstić information content (AvgIpc) is 1.35. The maximum absolute atomic E-state index is 9.58. The molecular formula is C2H3NOW. The fraction of sp³-hybridized carbons (Fsp3) is 0. The molecule has 0 spiro atoms. The zero-order valence-electron chi connectivity index (χ0n) is 3.39. The van der Waals surface area contributed by atoms with Crippen LogP contribution in [0, 0.1) is 0 Å². The summed E-state index contributed by atoms with van der Waals surface area (Å²) < 4.78 is 7.71. The van der Waals surface area contributed by atoms with Crippen molar-refractivity contribution in [2.24, 2.45) is 0 Å². The van der Waals surface area contributed by atoms with E-state index in [1.807, 2.05) is 0 Å². The first kappa shape index (κ1) is 3.23. The normalized spacial score (nSPS) is 8.40. The third kappa shape index (κ3) is 4.03. The second-order valence-corrected chi connectivity index (χ2v) is 1.21. The SMILES string of the molecule is [2H]C(=O)N[CH]=[W]. The van der Waals surface area contributed by atoms with Crippen molar-refractivity contribution in [1.82, 2.24) is 5.32 Å². The van der Waals surface area contributed by atoms with Gasteiger partial charge < -0.3 is 0 Å². The third-order valence-electron chi connectivity index (χ3n) is 0.118. The number of carbonyl (C=O) groups excluding carboxylic acids is 1. The number of carbonyl (C=O) groups is 1. The predicted octanol–water partition coefficient (Wildman–Crippen LogP) is -0.961. The van der Waals surface area contributed by atoms with Crippen molar-refractivity contribution in [3.63, 3.8) is 0 Å². The van der Waals surface area contributed by atoms with Crippen molar-refractivity contribution in [2.45, 2.75) is 0 Å². The van der Waals surface area contributed by atoms with E-state index in [4.69, 9.17) is 1.37 Å². The van der Waals surface area contributed by atoms with E-state index in [0.717, 1.165) is 19.4 Å². The van der Waals surface area contributed by atoms with Crippen LogP contribution in [0.15, 0.2) is 0 Å². The number of hydrogen-bond acceptors (Lipinski definition) is 1. The fourth-order valence-corrected chi connectivity index (χ4v) is 0.197. The molecule has 0 aromatic heterocycles. The zero-order valence-corrected chi connectivity index (χ0v) is 5.33. The van der Waals surface area contributed by atoms with E-state index in [0.29, 0.717) is 0 Å². The van der Waals surface area contributed by atoms with Crippen LogP contribution in [0.3, 0.4) is 0 Å². The molecule has 0 fully saturated rings. The fourth-order valence-electron chi connectivity index (χ4n) is 0.0241. The van der Waals surface area contributed by atoms with Crippen LogP contribution in [0.1, 0.15) is 1.37 Å². The van der Waals surface area contributed by atoms with Gasteiger partial charge in [0.15, 0.2) is 0 Å². The topological polar surface area (TPSA) is 29.1 Å². The Morgan fingerprint density at radius 3 is 2.80 bits per heavy atom. The molecule has 1 N–H and O–H groups in total. The van der Waals surface area contributed by atoms with Crippen LogP contribution >= 0.6 is 0 Å². The standard InChI is InChI=1S/C2H3NO.W/c1-3-2-4;/h1-2H,(H,3,4);/i2D;. The molecule has 0 rings (SSSR count). The number of hydrogen-bond donors (Lipinski definition) is 1. The predicted molar refractivity (Wildman–Crippen MR) is 15.3 cm³/mol. The molecule has 0 radical (unpaired) electrons. The summed E-state index contributed by atoms with van der Waals surface area (Å²) in [4.78, 5) is 9.58. The van der Waals surface area contributed by atoms with E-state index in [1.54, 1.807) is 0 Å². The van der Waals surface area contributed by atoms with Crippen molar-refractivity contribution in [3.8, 4) is 0 Å². The van der Waals surface area contributed by atoms with Crippen molar-refractivity contribution in [3.05, 3.63) is 0 Å². The van der Waals surface area contributed by atoms with Crippen LogP contribution in [0.2, 0.25) is 0 Å². The molecule has 0 saturated heterocycles. The van der Waals surface area contributed by atoms with Crippen molar-refractivity contribution < 1.29 is 25.5 Å². The Labute approximate surface area is 42.4 Å². The molecule has 3 heteroatoms. The molecule has 5 heavy (non-hydrogen) atoms. The van der Waals surface area contributed by atoms with Gasteiger partial charge in [0.1, 0.15) is 0 Å². The van der Waals surface area contributed by atoms with Crippen LogP contribution in [0.5, 0.6) is 0 Å². The minimum atomic E-state index is -0.745. The van der Waals surface area contributed by atoms with Gasteiger partial charge in [-0.3, -0.25) is 0 Å². The molecule has 0 atom stereocenters. The number of amides is 1. The Morgan fingerprint density at radius 1 is 2.20 bits per heavy atom. The summed E-state index contributed by atoms with van der Waals surface area (Å²) in [5.74, 6) is 0. The van der Waals surface area contributed by atoms with Crippen LogP contribution in [0.4, 0.5) is 0 Å². The van der Waals surface area contributed by atoms with Gasteiger partial charge in [-0.15, -0.1) is 0 Å². The van der Waals surface area contributed by atoms with Gasteiger partial charge in [0.05, 0.1) is 0 Å². The quantitative estimate of drug-likeness (QED) is 0.589.